The minimum absolute atomic E-state index is 1.00. The lowest BCUT2D eigenvalue weighted by atomic mass is 11.8. The lowest BCUT2D eigenvalue weighted by Gasteiger charge is -1.21. The van der Waals surface area contributed by atoms with Crippen LogP contribution in [0.15, 0.2) is 0 Å². The molecule has 3 radical (unpaired) electrons. The molecule has 0 rings (SSSR count). The van der Waals surface area contributed by atoms with Crippen LogP contribution in [0.4, 0.5) is 4.39 Å². The Balaban J connectivity index is 0. The van der Waals surface area contributed by atoms with Crippen LogP contribution in [-0.4, -0.2) is 12.2 Å². The summed E-state index contributed by atoms with van der Waals surface area (Å²) in [5.74, 6) is 0. The van der Waals surface area contributed by atoms with E-state index in [1.807, 2.05) is 0 Å². The van der Waals surface area contributed by atoms with Gasteiger partial charge in [-0.25, -0.2) is 4.39 Å². The molecule has 0 bridgehead atoms. The van der Waals surface area contributed by atoms with Gasteiger partial charge in [-0.05, 0) is 0 Å². The van der Waals surface area contributed by atoms with Crippen molar-refractivity contribution >= 4 is 0 Å². The molecule has 0 saturated carbocycles. The summed E-state index contributed by atoms with van der Waals surface area (Å²) in [5.41, 5.74) is 0. The van der Waals surface area contributed by atoms with Crippen molar-refractivity contribution in [2.75, 3.05) is 7.11 Å². The summed E-state index contributed by atoms with van der Waals surface area (Å²) in [7, 11) is 5.25. The van der Waals surface area contributed by atoms with E-state index in [9.17, 15) is 0 Å². The molecule has 0 heterocycles. The fraction of sp³-hybridized carbons (Fsp3) is 0.500. The molecule has 0 saturated heterocycles. The Morgan fingerprint density at radius 3 is 1.50 bits per heavy atom. The van der Waals surface area contributed by atoms with Gasteiger partial charge in [-0.1, -0.05) is 0 Å². The normalized spacial score (nSPS) is 3.00. The SMILES string of the molecule is CO.[C]F. The first kappa shape index (κ1) is 9.10. The highest BCUT2D eigenvalue weighted by atomic mass is 19.1. The van der Waals surface area contributed by atoms with Gasteiger partial charge in [-0.2, -0.15) is 0 Å². The van der Waals surface area contributed by atoms with Gasteiger partial charge in [0.25, 0.3) is 0 Å². The summed E-state index contributed by atoms with van der Waals surface area (Å²) < 4.78 is 8.75. The molecule has 25 valence electrons. The van der Waals surface area contributed by atoms with Crippen LogP contribution in [0.25, 0.3) is 0 Å². The monoisotopic (exact) mass is 63.0 g/mol. The van der Waals surface area contributed by atoms with Gasteiger partial charge in [0, 0.05) is 7.11 Å². The summed E-state index contributed by atoms with van der Waals surface area (Å²) >= 11 is 0. The van der Waals surface area contributed by atoms with Crippen LogP contribution in [0.3, 0.4) is 0 Å². The second-order valence-electron chi connectivity index (χ2n) is 0. The van der Waals surface area contributed by atoms with E-state index in [0.29, 0.717) is 0 Å². The van der Waals surface area contributed by atoms with E-state index in [0.717, 1.165) is 7.11 Å². The number of hydrogen-bond donors (Lipinski definition) is 1. The van der Waals surface area contributed by atoms with Crippen molar-refractivity contribution in [2.24, 2.45) is 0 Å². The van der Waals surface area contributed by atoms with Crippen LogP contribution >= 0.6 is 0 Å². The minimum atomic E-state index is 1.00. The average Bonchev–Trinajstić information content (AvgIpc) is 1.50. The first-order valence-corrected chi connectivity index (χ1v) is 0.636. The maximum Gasteiger partial charge on any atom is 0.232 e. The first-order valence-electron chi connectivity index (χ1n) is 0.636. The Labute approximate surface area is 25.1 Å². The second-order valence-corrected chi connectivity index (χ2v) is 0. The smallest absolute Gasteiger partial charge is 0.232 e. The van der Waals surface area contributed by atoms with Gasteiger partial charge in [0.1, 0.15) is 0 Å². The second kappa shape index (κ2) is 853. The van der Waals surface area contributed by atoms with Crippen molar-refractivity contribution in [3.05, 3.63) is 7.18 Å². The van der Waals surface area contributed by atoms with Gasteiger partial charge in [-0.15, -0.1) is 0 Å². The number of hydrogen-bond acceptors (Lipinski definition) is 1. The summed E-state index contributed by atoms with van der Waals surface area (Å²) in [6, 6.07) is 0. The van der Waals surface area contributed by atoms with Crippen LogP contribution < -0.4 is 0 Å². The minimum Gasteiger partial charge on any atom is -0.400 e. The molecule has 1 N–H and O–H groups in total. The van der Waals surface area contributed by atoms with E-state index in [1.165, 1.54) is 0 Å². The van der Waals surface area contributed by atoms with E-state index >= 15 is 0 Å². The Morgan fingerprint density at radius 2 is 1.50 bits per heavy atom. The molecule has 2 heteroatoms. The molecule has 0 aliphatic rings. The average molecular weight is 63.1 g/mol. The fourth-order valence-electron chi connectivity index (χ4n) is 0. The highest BCUT2D eigenvalue weighted by Gasteiger charge is 1.03. The zero-order valence-corrected chi connectivity index (χ0v) is 2.33. The summed E-state index contributed by atoms with van der Waals surface area (Å²) in [4.78, 5) is 0. The molecule has 0 amide bonds. The summed E-state index contributed by atoms with van der Waals surface area (Å²) in [5, 5.41) is 7.00. The molecule has 0 spiro atoms. The topological polar surface area (TPSA) is 20.2 Å². The van der Waals surface area contributed by atoms with Crippen LogP contribution in [0, 0.1) is 7.18 Å². The third-order valence-electron chi connectivity index (χ3n) is 0. The third kappa shape index (κ3) is 124. The standard InChI is InChI=1S/CF.CH4O/c2*1-2/h;2H,1H3. The molecule has 0 aromatic heterocycles. The molecule has 0 aliphatic carbocycles. The van der Waals surface area contributed by atoms with E-state index < -0.39 is 0 Å². The van der Waals surface area contributed by atoms with E-state index in [1.54, 1.807) is 0 Å². The molecular weight excluding hydrogens is 59.0 g/mol. The molecule has 0 unspecified atom stereocenters. The highest BCUT2D eigenvalue weighted by Crippen LogP contribution is 1.27. The van der Waals surface area contributed by atoms with Crippen LogP contribution in [0.5, 0.6) is 0 Å². The summed E-state index contributed by atoms with van der Waals surface area (Å²) in [6.07, 6.45) is 0. The van der Waals surface area contributed by atoms with Crippen molar-refractivity contribution in [2.45, 2.75) is 0 Å². The lowest BCUT2D eigenvalue weighted by molar-refractivity contribution is 0.399. The Hall–Kier alpha value is -0.110. The molecular formula is C2H4FO. The first-order chi connectivity index (χ1) is 2.00. The van der Waals surface area contributed by atoms with Crippen molar-refractivity contribution in [1.82, 2.24) is 0 Å². The van der Waals surface area contributed by atoms with Gasteiger partial charge in [0.15, 0.2) is 0 Å². The molecule has 1 nitrogen and oxygen atoms in total. The van der Waals surface area contributed by atoms with Gasteiger partial charge >= 0.3 is 0 Å². The number of halogens is 1. The van der Waals surface area contributed by atoms with Crippen molar-refractivity contribution in [1.29, 1.82) is 0 Å². The van der Waals surface area contributed by atoms with Gasteiger partial charge in [0.2, 0.25) is 7.18 Å². The van der Waals surface area contributed by atoms with Crippen LogP contribution in [0.1, 0.15) is 0 Å². The Morgan fingerprint density at radius 1 is 1.50 bits per heavy atom. The molecule has 4 heavy (non-hydrogen) atoms. The van der Waals surface area contributed by atoms with Crippen LogP contribution in [0.2, 0.25) is 0 Å². The van der Waals surface area contributed by atoms with Crippen molar-refractivity contribution in [3.8, 4) is 0 Å². The Kier molecular flexibility index (Phi) is 1940. The lowest BCUT2D eigenvalue weighted by Crippen LogP contribution is -1.25. The van der Waals surface area contributed by atoms with E-state index in [2.05, 4.69) is 7.18 Å². The highest BCUT2D eigenvalue weighted by molar-refractivity contribution is 3.64. The maximum absolute atomic E-state index is 8.75. The molecule has 0 aromatic carbocycles. The number of aliphatic hydroxyl groups excluding tert-OH is 1. The molecule has 0 aromatic rings. The third-order valence-corrected chi connectivity index (χ3v) is 0. The molecule has 0 atom stereocenters. The van der Waals surface area contributed by atoms with E-state index in [4.69, 9.17) is 9.50 Å². The molecule has 0 fully saturated rings. The van der Waals surface area contributed by atoms with Gasteiger partial charge in [-0.3, -0.25) is 0 Å². The van der Waals surface area contributed by atoms with Gasteiger partial charge in [0.05, 0.1) is 0 Å². The quantitative estimate of drug-likeness (QED) is 0.423. The predicted octanol–water partition coefficient (Wildman–Crippen LogP) is 0.110. The zero-order valence-electron chi connectivity index (χ0n) is 2.33. The van der Waals surface area contributed by atoms with Crippen molar-refractivity contribution < 1.29 is 9.50 Å². The zero-order chi connectivity index (χ0) is 4.00. The van der Waals surface area contributed by atoms with Gasteiger partial charge < -0.3 is 5.11 Å². The van der Waals surface area contributed by atoms with Crippen molar-refractivity contribution in [3.63, 3.8) is 0 Å². The number of aliphatic hydroxyl groups is 1. The van der Waals surface area contributed by atoms with E-state index in [-0.39, 0.29) is 0 Å². The largest absolute Gasteiger partial charge is 0.400 e. The predicted molar refractivity (Wildman–Crippen MR) is 12.5 cm³/mol. The fourth-order valence-corrected chi connectivity index (χ4v) is 0. The number of rotatable bonds is 0. The molecule has 0 aliphatic heterocycles. The Bertz CT molecular complexity index is 6.00. The summed E-state index contributed by atoms with van der Waals surface area (Å²) in [6.45, 7) is 0. The maximum atomic E-state index is 8.75. The van der Waals surface area contributed by atoms with Crippen LogP contribution in [-0.2, 0) is 0 Å².